The monoisotopic (exact) mass is 343 g/mol. The van der Waals surface area contributed by atoms with Crippen molar-refractivity contribution in [3.05, 3.63) is 58.3 Å². The number of halogens is 2. The van der Waals surface area contributed by atoms with Crippen LogP contribution in [0.1, 0.15) is 5.56 Å². The molecule has 0 heterocycles. The van der Waals surface area contributed by atoms with Crippen molar-refractivity contribution >= 4 is 31.5 Å². The zero-order chi connectivity index (χ0) is 14.0. The Morgan fingerprint density at radius 2 is 1.79 bits per heavy atom. The maximum atomic E-state index is 13.6. The lowest BCUT2D eigenvalue weighted by Crippen LogP contribution is -2.09. The third-order valence-corrected chi connectivity index (χ3v) is 5.07. The van der Waals surface area contributed by atoms with E-state index in [0.717, 1.165) is 6.07 Å². The molecular formula is C13H11BrFNO2S. The van der Waals surface area contributed by atoms with E-state index in [1.807, 2.05) is 0 Å². The molecule has 0 bridgehead atoms. The molecule has 0 saturated carbocycles. The minimum absolute atomic E-state index is 0.315. The van der Waals surface area contributed by atoms with Crippen molar-refractivity contribution in [2.24, 2.45) is 0 Å². The van der Waals surface area contributed by atoms with E-state index in [-0.39, 0.29) is 10.6 Å². The maximum Gasteiger partial charge on any atom is 0.185 e. The second-order valence-corrected chi connectivity index (χ2v) is 6.81. The largest absolute Gasteiger partial charge is 0.398 e. The van der Waals surface area contributed by atoms with Gasteiger partial charge in [0.05, 0.1) is 5.75 Å². The van der Waals surface area contributed by atoms with E-state index in [2.05, 4.69) is 15.9 Å². The average Bonchev–Trinajstić information content (AvgIpc) is 2.34. The first-order valence-corrected chi connectivity index (χ1v) is 7.86. The van der Waals surface area contributed by atoms with Crippen molar-refractivity contribution in [1.82, 2.24) is 0 Å². The van der Waals surface area contributed by atoms with Gasteiger partial charge in [0.25, 0.3) is 0 Å². The highest BCUT2D eigenvalue weighted by Crippen LogP contribution is 2.27. The van der Waals surface area contributed by atoms with E-state index in [9.17, 15) is 12.8 Å². The number of rotatable bonds is 3. The molecule has 0 spiro atoms. The summed E-state index contributed by atoms with van der Waals surface area (Å²) in [6, 6.07) is 10.3. The molecule has 0 radical (unpaired) electrons. The predicted octanol–water partition coefficient (Wildman–Crippen LogP) is 3.14. The fourth-order valence-corrected chi connectivity index (χ4v) is 3.91. The summed E-state index contributed by atoms with van der Waals surface area (Å²) in [5.41, 5.74) is 6.55. The van der Waals surface area contributed by atoms with Gasteiger partial charge in [0, 0.05) is 15.7 Å². The Morgan fingerprint density at radius 3 is 2.42 bits per heavy atom. The van der Waals surface area contributed by atoms with Gasteiger partial charge in [-0.25, -0.2) is 12.8 Å². The molecule has 0 unspecified atom stereocenters. The van der Waals surface area contributed by atoms with Crippen molar-refractivity contribution in [2.45, 2.75) is 10.6 Å². The molecule has 3 nitrogen and oxygen atoms in total. The Labute approximate surface area is 119 Å². The summed E-state index contributed by atoms with van der Waals surface area (Å²) in [5, 5.41) is 0. The quantitative estimate of drug-likeness (QED) is 0.871. The molecule has 0 aliphatic carbocycles. The Bertz CT molecular complexity index is 696. The van der Waals surface area contributed by atoms with Crippen molar-refractivity contribution in [3.8, 4) is 0 Å². The van der Waals surface area contributed by atoms with Crippen LogP contribution in [0.5, 0.6) is 0 Å². The van der Waals surface area contributed by atoms with Crippen molar-refractivity contribution in [2.75, 3.05) is 5.73 Å². The van der Waals surface area contributed by atoms with E-state index in [4.69, 9.17) is 5.73 Å². The number of nitrogens with two attached hydrogens (primary N) is 1. The summed E-state index contributed by atoms with van der Waals surface area (Å²) in [6.07, 6.45) is 0. The van der Waals surface area contributed by atoms with Gasteiger partial charge in [-0.1, -0.05) is 34.1 Å². The molecule has 0 atom stereocenters. The topological polar surface area (TPSA) is 60.2 Å². The van der Waals surface area contributed by atoms with Crippen molar-refractivity contribution in [1.29, 1.82) is 0 Å². The molecule has 0 amide bonds. The van der Waals surface area contributed by atoms with Crippen LogP contribution in [0.25, 0.3) is 0 Å². The zero-order valence-electron chi connectivity index (χ0n) is 9.81. The Hall–Kier alpha value is -1.40. The van der Waals surface area contributed by atoms with Gasteiger partial charge in [-0.3, -0.25) is 0 Å². The van der Waals surface area contributed by atoms with Gasteiger partial charge < -0.3 is 5.73 Å². The first-order chi connectivity index (χ1) is 8.92. The number of nitrogen functional groups attached to an aromatic ring is 1. The molecule has 0 fully saturated rings. The minimum Gasteiger partial charge on any atom is -0.398 e. The van der Waals surface area contributed by atoms with E-state index >= 15 is 0 Å². The first-order valence-electron chi connectivity index (χ1n) is 5.42. The molecule has 19 heavy (non-hydrogen) atoms. The molecule has 100 valence electrons. The lowest BCUT2D eigenvalue weighted by Gasteiger charge is -2.09. The molecule has 0 aromatic heterocycles. The third kappa shape index (κ3) is 2.96. The van der Waals surface area contributed by atoms with Crippen LogP contribution in [-0.2, 0) is 15.6 Å². The number of benzene rings is 2. The van der Waals surface area contributed by atoms with Gasteiger partial charge in [-0.2, -0.15) is 0 Å². The predicted molar refractivity (Wildman–Crippen MR) is 75.8 cm³/mol. The number of hydrogen-bond donors (Lipinski definition) is 1. The summed E-state index contributed by atoms with van der Waals surface area (Å²) < 4.78 is 38.6. The number of sulfone groups is 1. The Kier molecular flexibility index (Phi) is 3.91. The van der Waals surface area contributed by atoms with Crippen LogP contribution >= 0.6 is 15.9 Å². The van der Waals surface area contributed by atoms with Crippen molar-refractivity contribution < 1.29 is 12.8 Å². The lowest BCUT2D eigenvalue weighted by molar-refractivity contribution is 0.566. The van der Waals surface area contributed by atoms with Crippen LogP contribution in [0.2, 0.25) is 0 Å². The number of anilines is 1. The highest BCUT2D eigenvalue weighted by molar-refractivity contribution is 9.10. The van der Waals surface area contributed by atoms with Gasteiger partial charge in [-0.15, -0.1) is 0 Å². The second kappa shape index (κ2) is 5.30. The molecule has 2 N–H and O–H groups in total. The van der Waals surface area contributed by atoms with Gasteiger partial charge in [-0.05, 0) is 24.3 Å². The molecule has 0 saturated heterocycles. The summed E-state index contributed by atoms with van der Waals surface area (Å²) in [7, 11) is -3.77. The first kappa shape index (κ1) is 14.0. The summed E-state index contributed by atoms with van der Waals surface area (Å²) in [5.74, 6) is -1.10. The standard InChI is InChI=1S/C13H11BrFNO2S/c14-10-4-3-6-12(16)9(10)8-19(17,18)13-7-2-1-5-11(13)15/h1-7H,8,16H2. The van der Waals surface area contributed by atoms with E-state index in [1.165, 1.54) is 18.2 Å². The van der Waals surface area contributed by atoms with Crippen LogP contribution in [0.3, 0.4) is 0 Å². The summed E-state index contributed by atoms with van der Waals surface area (Å²) in [6.45, 7) is 0. The molecule has 2 aromatic carbocycles. The van der Waals surface area contributed by atoms with E-state index in [1.54, 1.807) is 18.2 Å². The normalized spacial score (nSPS) is 11.5. The molecular weight excluding hydrogens is 333 g/mol. The van der Waals surface area contributed by atoms with Crippen LogP contribution in [-0.4, -0.2) is 8.42 Å². The van der Waals surface area contributed by atoms with Gasteiger partial charge in [0.1, 0.15) is 10.7 Å². The Balaban J connectivity index is 2.46. The van der Waals surface area contributed by atoms with E-state index in [0.29, 0.717) is 15.7 Å². The molecule has 2 rings (SSSR count). The fourth-order valence-electron chi connectivity index (χ4n) is 1.69. The van der Waals surface area contributed by atoms with Crippen LogP contribution in [0, 0.1) is 5.82 Å². The molecule has 2 aromatic rings. The van der Waals surface area contributed by atoms with Gasteiger partial charge in [0.15, 0.2) is 9.84 Å². The molecule has 0 aliphatic heterocycles. The number of hydrogen-bond acceptors (Lipinski definition) is 3. The SMILES string of the molecule is Nc1cccc(Br)c1CS(=O)(=O)c1ccccc1F. The van der Waals surface area contributed by atoms with Crippen LogP contribution < -0.4 is 5.73 Å². The van der Waals surface area contributed by atoms with Crippen LogP contribution in [0.15, 0.2) is 51.8 Å². The zero-order valence-corrected chi connectivity index (χ0v) is 12.2. The average molecular weight is 344 g/mol. The molecule has 0 aliphatic rings. The summed E-state index contributed by atoms with van der Waals surface area (Å²) >= 11 is 3.25. The fraction of sp³-hybridized carbons (Fsp3) is 0.0769. The van der Waals surface area contributed by atoms with Gasteiger partial charge >= 0.3 is 0 Å². The Morgan fingerprint density at radius 1 is 1.11 bits per heavy atom. The van der Waals surface area contributed by atoms with Crippen LogP contribution in [0.4, 0.5) is 10.1 Å². The van der Waals surface area contributed by atoms with Crippen molar-refractivity contribution in [3.63, 3.8) is 0 Å². The maximum absolute atomic E-state index is 13.6. The lowest BCUT2D eigenvalue weighted by atomic mass is 10.2. The smallest absolute Gasteiger partial charge is 0.185 e. The van der Waals surface area contributed by atoms with Gasteiger partial charge in [0.2, 0.25) is 0 Å². The second-order valence-electron chi connectivity index (χ2n) is 4.00. The molecule has 6 heteroatoms. The highest BCUT2D eigenvalue weighted by Gasteiger charge is 2.21. The minimum atomic E-state index is -3.77. The summed E-state index contributed by atoms with van der Waals surface area (Å²) in [4.78, 5) is -0.315. The highest BCUT2D eigenvalue weighted by atomic mass is 79.9. The third-order valence-electron chi connectivity index (χ3n) is 2.66. The van der Waals surface area contributed by atoms with E-state index < -0.39 is 15.7 Å².